The van der Waals surface area contributed by atoms with Crippen LogP contribution in [-0.2, 0) is 11.3 Å². The average molecular weight is 195 g/mol. The third-order valence-corrected chi connectivity index (χ3v) is 1.88. The van der Waals surface area contributed by atoms with Gasteiger partial charge in [-0.3, -0.25) is 0 Å². The normalized spacial score (nSPS) is 9.36. The number of hydrogen-bond donors (Lipinski definition) is 0. The molecule has 14 heavy (non-hydrogen) atoms. The van der Waals surface area contributed by atoms with Crippen LogP contribution in [0.5, 0.6) is 5.75 Å². The highest BCUT2D eigenvalue weighted by Gasteiger charge is 2.06. The lowest BCUT2D eigenvalue weighted by molar-refractivity contribution is 0.407. The third kappa shape index (κ3) is 2.18. The number of benzene rings is 1. The Morgan fingerprint density at radius 1 is 1.57 bits per heavy atom. The van der Waals surface area contributed by atoms with Gasteiger partial charge in [0, 0.05) is 11.6 Å². The number of carbonyl (C=O) groups excluding carboxylic acids is 1. The van der Waals surface area contributed by atoms with Gasteiger partial charge in [0.1, 0.15) is 11.6 Å². The van der Waals surface area contributed by atoms with Gasteiger partial charge in [0.25, 0.3) is 0 Å². The Kier molecular flexibility index (Phi) is 3.37. The largest absolute Gasteiger partial charge is 0.496 e. The van der Waals surface area contributed by atoms with Crippen LogP contribution in [0, 0.1) is 12.7 Å². The van der Waals surface area contributed by atoms with Gasteiger partial charge in [-0.25, -0.2) is 14.2 Å². The summed E-state index contributed by atoms with van der Waals surface area (Å²) in [6.45, 7) is 1.81. The molecule has 0 atom stereocenters. The van der Waals surface area contributed by atoms with Crippen molar-refractivity contribution in [1.82, 2.24) is 0 Å². The fourth-order valence-corrected chi connectivity index (χ4v) is 1.18. The molecule has 0 spiro atoms. The van der Waals surface area contributed by atoms with Crippen molar-refractivity contribution < 1.29 is 13.9 Å². The Morgan fingerprint density at radius 3 is 2.86 bits per heavy atom. The van der Waals surface area contributed by atoms with Gasteiger partial charge in [-0.1, -0.05) is 0 Å². The second kappa shape index (κ2) is 4.53. The maximum Gasteiger partial charge on any atom is 0.235 e. The van der Waals surface area contributed by atoms with Crippen LogP contribution in [-0.4, -0.2) is 13.2 Å². The molecule has 0 aliphatic carbocycles. The SMILES string of the molecule is COc1cc(F)c(CN=C=O)cc1C. The molecule has 0 N–H and O–H groups in total. The van der Waals surface area contributed by atoms with Crippen molar-refractivity contribution in [2.75, 3.05) is 7.11 Å². The molecule has 0 saturated heterocycles. The molecule has 1 rings (SSSR count). The molecule has 0 unspecified atom stereocenters. The van der Waals surface area contributed by atoms with E-state index >= 15 is 0 Å². The van der Waals surface area contributed by atoms with E-state index in [0.29, 0.717) is 11.3 Å². The molecule has 1 aromatic carbocycles. The standard InChI is InChI=1S/C10H10FNO2/c1-7-3-8(5-12-6-13)9(11)4-10(7)14-2/h3-4H,5H2,1-2H3. The summed E-state index contributed by atoms with van der Waals surface area (Å²) in [6.07, 6.45) is 1.37. The lowest BCUT2D eigenvalue weighted by Crippen LogP contribution is -1.94. The summed E-state index contributed by atoms with van der Waals surface area (Å²) in [7, 11) is 1.48. The number of ether oxygens (including phenoxy) is 1. The minimum absolute atomic E-state index is 0.0141. The first kappa shape index (κ1) is 10.4. The monoisotopic (exact) mass is 195 g/mol. The first-order chi connectivity index (χ1) is 6.69. The van der Waals surface area contributed by atoms with Crippen LogP contribution in [0.1, 0.15) is 11.1 Å². The summed E-state index contributed by atoms with van der Waals surface area (Å²) >= 11 is 0. The van der Waals surface area contributed by atoms with E-state index in [1.165, 1.54) is 19.3 Å². The fourth-order valence-electron chi connectivity index (χ4n) is 1.18. The van der Waals surface area contributed by atoms with Gasteiger partial charge >= 0.3 is 0 Å². The van der Waals surface area contributed by atoms with Crippen molar-refractivity contribution in [2.24, 2.45) is 4.99 Å². The van der Waals surface area contributed by atoms with Gasteiger partial charge in [0.15, 0.2) is 0 Å². The van der Waals surface area contributed by atoms with Crippen LogP contribution in [0.2, 0.25) is 0 Å². The molecule has 4 heteroatoms. The van der Waals surface area contributed by atoms with E-state index in [1.54, 1.807) is 13.0 Å². The van der Waals surface area contributed by atoms with E-state index in [9.17, 15) is 9.18 Å². The Balaban J connectivity index is 3.08. The zero-order chi connectivity index (χ0) is 10.6. The van der Waals surface area contributed by atoms with Crippen LogP contribution in [0.4, 0.5) is 4.39 Å². The topological polar surface area (TPSA) is 38.7 Å². The lowest BCUT2D eigenvalue weighted by atomic mass is 10.1. The van der Waals surface area contributed by atoms with E-state index in [2.05, 4.69) is 4.99 Å². The number of halogens is 1. The number of nitrogens with zero attached hydrogens (tertiary/aromatic N) is 1. The second-order valence-electron chi connectivity index (χ2n) is 2.82. The first-order valence-corrected chi connectivity index (χ1v) is 4.05. The molecule has 1 aromatic rings. The van der Waals surface area contributed by atoms with Gasteiger partial charge in [0.05, 0.1) is 13.7 Å². The number of aryl methyl sites for hydroxylation is 1. The van der Waals surface area contributed by atoms with E-state index in [1.807, 2.05) is 0 Å². The number of isocyanates is 1. The second-order valence-corrected chi connectivity index (χ2v) is 2.82. The summed E-state index contributed by atoms with van der Waals surface area (Å²) in [5, 5.41) is 0. The Labute approximate surface area is 81.2 Å². The molecular weight excluding hydrogens is 185 g/mol. The van der Waals surface area contributed by atoms with Crippen molar-refractivity contribution >= 4 is 6.08 Å². The zero-order valence-corrected chi connectivity index (χ0v) is 8.00. The predicted molar refractivity (Wildman–Crippen MR) is 49.5 cm³/mol. The Morgan fingerprint density at radius 2 is 2.29 bits per heavy atom. The van der Waals surface area contributed by atoms with Crippen LogP contribution in [0.25, 0.3) is 0 Å². The molecule has 3 nitrogen and oxygen atoms in total. The van der Waals surface area contributed by atoms with Crippen molar-refractivity contribution in [3.63, 3.8) is 0 Å². The molecular formula is C10H10FNO2. The molecule has 0 aliphatic heterocycles. The number of methoxy groups -OCH3 is 1. The van der Waals surface area contributed by atoms with Gasteiger partial charge in [-0.15, -0.1) is 0 Å². The first-order valence-electron chi connectivity index (χ1n) is 4.05. The number of hydrogen-bond acceptors (Lipinski definition) is 3. The summed E-state index contributed by atoms with van der Waals surface area (Å²) in [6, 6.07) is 2.89. The van der Waals surface area contributed by atoms with Gasteiger partial charge in [-0.2, -0.15) is 0 Å². The smallest absolute Gasteiger partial charge is 0.235 e. The maximum absolute atomic E-state index is 13.3. The molecule has 74 valence electrons. The van der Waals surface area contributed by atoms with Crippen LogP contribution in [0.15, 0.2) is 17.1 Å². The maximum atomic E-state index is 13.3. The molecule has 0 amide bonds. The molecule has 0 saturated carbocycles. The minimum atomic E-state index is -0.425. The fraction of sp³-hybridized carbons (Fsp3) is 0.300. The zero-order valence-electron chi connectivity index (χ0n) is 8.00. The van der Waals surface area contributed by atoms with Crippen molar-refractivity contribution in [1.29, 1.82) is 0 Å². The molecule has 0 aliphatic rings. The molecule has 0 fully saturated rings. The van der Waals surface area contributed by atoms with Crippen LogP contribution >= 0.6 is 0 Å². The van der Waals surface area contributed by atoms with Crippen LogP contribution < -0.4 is 4.74 Å². The quantitative estimate of drug-likeness (QED) is 0.546. The van der Waals surface area contributed by atoms with Crippen molar-refractivity contribution in [3.8, 4) is 5.75 Å². The Hall–Kier alpha value is -1.67. The third-order valence-electron chi connectivity index (χ3n) is 1.88. The van der Waals surface area contributed by atoms with E-state index in [4.69, 9.17) is 4.74 Å². The molecule has 0 radical (unpaired) electrons. The van der Waals surface area contributed by atoms with E-state index < -0.39 is 5.82 Å². The average Bonchev–Trinajstić information content (AvgIpc) is 2.18. The summed E-state index contributed by atoms with van der Waals surface area (Å²) in [4.78, 5) is 13.2. The lowest BCUT2D eigenvalue weighted by Gasteiger charge is -2.06. The highest BCUT2D eigenvalue weighted by atomic mass is 19.1. The van der Waals surface area contributed by atoms with Gasteiger partial charge < -0.3 is 4.74 Å². The highest BCUT2D eigenvalue weighted by Crippen LogP contribution is 2.22. The highest BCUT2D eigenvalue weighted by molar-refractivity contribution is 5.39. The predicted octanol–water partition coefficient (Wildman–Crippen LogP) is 1.98. The number of rotatable bonds is 3. The summed E-state index contributed by atoms with van der Waals surface area (Å²) in [5.74, 6) is 0.0628. The molecule has 0 heterocycles. The minimum Gasteiger partial charge on any atom is -0.496 e. The summed E-state index contributed by atoms with van der Waals surface area (Å²) < 4.78 is 18.2. The van der Waals surface area contributed by atoms with Crippen molar-refractivity contribution in [3.05, 3.63) is 29.1 Å². The van der Waals surface area contributed by atoms with Crippen LogP contribution in [0.3, 0.4) is 0 Å². The number of aliphatic imine (C=N–C) groups is 1. The van der Waals surface area contributed by atoms with E-state index in [-0.39, 0.29) is 6.54 Å². The van der Waals surface area contributed by atoms with E-state index in [0.717, 1.165) is 5.56 Å². The van der Waals surface area contributed by atoms with Gasteiger partial charge in [-0.05, 0) is 18.6 Å². The molecule has 0 aromatic heterocycles. The molecule has 0 bridgehead atoms. The summed E-state index contributed by atoms with van der Waals surface area (Å²) in [5.41, 5.74) is 1.18. The van der Waals surface area contributed by atoms with Gasteiger partial charge in [0.2, 0.25) is 6.08 Å². The Bertz CT molecular complexity index is 384. The van der Waals surface area contributed by atoms with Crippen molar-refractivity contribution in [2.45, 2.75) is 13.5 Å².